The largest absolute Gasteiger partial charge is 0.497 e. The Morgan fingerprint density at radius 3 is 2.52 bits per heavy atom. The molecule has 1 aliphatic rings. The van der Waals surface area contributed by atoms with Crippen LogP contribution in [0.3, 0.4) is 0 Å². The fourth-order valence-corrected chi connectivity index (χ4v) is 3.27. The Labute approximate surface area is 144 Å². The minimum absolute atomic E-state index is 0.0260. The van der Waals surface area contributed by atoms with E-state index in [1.165, 1.54) is 0 Å². The van der Waals surface area contributed by atoms with Crippen LogP contribution in [0.2, 0.25) is 0 Å². The van der Waals surface area contributed by atoms with E-state index in [-0.39, 0.29) is 5.91 Å². The quantitative estimate of drug-likeness (QED) is 0.811. The third-order valence-corrected chi connectivity index (χ3v) is 4.75. The molecule has 1 aliphatic heterocycles. The summed E-state index contributed by atoms with van der Waals surface area (Å²) in [6.07, 6.45) is 1.89. The number of halogens is 1. The van der Waals surface area contributed by atoms with Crippen molar-refractivity contribution in [3.05, 3.63) is 52.0 Å². The smallest absolute Gasteiger partial charge is 0.259 e. The molecule has 0 saturated carbocycles. The summed E-state index contributed by atoms with van der Waals surface area (Å²) in [5.41, 5.74) is 2.70. The van der Waals surface area contributed by atoms with Gasteiger partial charge in [-0.2, -0.15) is 0 Å². The molecule has 0 saturated heterocycles. The SMILES string of the molecule is COc1ccc2c(c1)CCCN2C(=O)c1cc(OC)ccc1Br. The van der Waals surface area contributed by atoms with Crippen molar-refractivity contribution in [3.63, 3.8) is 0 Å². The molecule has 0 unspecified atom stereocenters. The van der Waals surface area contributed by atoms with Gasteiger partial charge < -0.3 is 14.4 Å². The normalized spacial score (nSPS) is 13.4. The fourth-order valence-electron chi connectivity index (χ4n) is 2.85. The van der Waals surface area contributed by atoms with Crippen LogP contribution in [0.1, 0.15) is 22.3 Å². The van der Waals surface area contributed by atoms with Gasteiger partial charge in [-0.25, -0.2) is 0 Å². The van der Waals surface area contributed by atoms with Gasteiger partial charge in [-0.1, -0.05) is 0 Å². The molecule has 0 radical (unpaired) electrons. The molecule has 23 heavy (non-hydrogen) atoms. The van der Waals surface area contributed by atoms with Crippen LogP contribution in [-0.2, 0) is 6.42 Å². The zero-order chi connectivity index (χ0) is 16.4. The Bertz CT molecular complexity index is 745. The Hall–Kier alpha value is -2.01. The molecular weight excluding hydrogens is 358 g/mol. The number of rotatable bonds is 3. The van der Waals surface area contributed by atoms with Crippen LogP contribution in [0.25, 0.3) is 0 Å². The molecule has 0 aromatic heterocycles. The third-order valence-electron chi connectivity index (χ3n) is 4.05. The Balaban J connectivity index is 1.99. The van der Waals surface area contributed by atoms with E-state index in [9.17, 15) is 4.79 Å². The van der Waals surface area contributed by atoms with Crippen LogP contribution < -0.4 is 14.4 Å². The molecule has 0 N–H and O–H groups in total. The second-order valence-electron chi connectivity index (χ2n) is 5.40. The number of aryl methyl sites for hydroxylation is 1. The first kappa shape index (κ1) is 15.9. The van der Waals surface area contributed by atoms with E-state index in [4.69, 9.17) is 9.47 Å². The van der Waals surface area contributed by atoms with Crippen LogP contribution in [0.15, 0.2) is 40.9 Å². The number of methoxy groups -OCH3 is 2. The van der Waals surface area contributed by atoms with E-state index < -0.39 is 0 Å². The summed E-state index contributed by atoms with van der Waals surface area (Å²) in [6, 6.07) is 11.3. The second-order valence-corrected chi connectivity index (χ2v) is 6.26. The summed E-state index contributed by atoms with van der Waals surface area (Å²) in [5, 5.41) is 0. The van der Waals surface area contributed by atoms with E-state index >= 15 is 0 Å². The summed E-state index contributed by atoms with van der Waals surface area (Å²) < 4.78 is 11.3. The number of benzene rings is 2. The second kappa shape index (κ2) is 6.62. The number of amides is 1. The maximum atomic E-state index is 13.0. The van der Waals surface area contributed by atoms with Gasteiger partial charge in [0.25, 0.3) is 5.91 Å². The molecule has 0 fully saturated rings. The van der Waals surface area contributed by atoms with Crippen LogP contribution in [0, 0.1) is 0 Å². The maximum Gasteiger partial charge on any atom is 0.259 e. The van der Waals surface area contributed by atoms with Crippen LogP contribution in [0.5, 0.6) is 11.5 Å². The number of hydrogen-bond donors (Lipinski definition) is 0. The molecule has 0 aliphatic carbocycles. The van der Waals surface area contributed by atoms with Crippen molar-refractivity contribution in [3.8, 4) is 11.5 Å². The van der Waals surface area contributed by atoms with Crippen molar-refractivity contribution < 1.29 is 14.3 Å². The van der Waals surface area contributed by atoms with E-state index in [1.54, 1.807) is 20.3 Å². The van der Waals surface area contributed by atoms with Gasteiger partial charge in [0.15, 0.2) is 0 Å². The summed E-state index contributed by atoms with van der Waals surface area (Å²) in [6.45, 7) is 0.710. The monoisotopic (exact) mass is 375 g/mol. The van der Waals surface area contributed by atoms with E-state index in [0.717, 1.165) is 34.3 Å². The molecule has 2 aromatic rings. The highest BCUT2D eigenvalue weighted by Gasteiger charge is 2.25. The van der Waals surface area contributed by atoms with Crippen molar-refractivity contribution in [2.24, 2.45) is 0 Å². The van der Waals surface area contributed by atoms with Crippen molar-refractivity contribution >= 4 is 27.5 Å². The zero-order valence-electron chi connectivity index (χ0n) is 13.1. The Kier molecular flexibility index (Phi) is 4.57. The summed E-state index contributed by atoms with van der Waals surface area (Å²) >= 11 is 3.47. The van der Waals surface area contributed by atoms with Gasteiger partial charge in [0.2, 0.25) is 0 Å². The molecule has 3 rings (SSSR count). The fraction of sp³-hybridized carbons (Fsp3) is 0.278. The van der Waals surface area contributed by atoms with Crippen molar-refractivity contribution in [1.82, 2.24) is 0 Å². The lowest BCUT2D eigenvalue weighted by molar-refractivity contribution is 0.0984. The number of anilines is 1. The lowest BCUT2D eigenvalue weighted by atomic mass is 10.0. The minimum atomic E-state index is -0.0260. The first-order chi connectivity index (χ1) is 11.1. The zero-order valence-corrected chi connectivity index (χ0v) is 14.7. The lowest BCUT2D eigenvalue weighted by Gasteiger charge is -2.30. The van der Waals surface area contributed by atoms with Crippen LogP contribution >= 0.6 is 15.9 Å². The number of hydrogen-bond acceptors (Lipinski definition) is 3. The standard InChI is InChI=1S/C18H18BrNO3/c1-22-13-6-8-17-12(10-13)4-3-9-20(17)18(21)15-11-14(23-2)5-7-16(15)19/h5-8,10-11H,3-4,9H2,1-2H3. The van der Waals surface area contributed by atoms with E-state index in [1.807, 2.05) is 35.2 Å². The van der Waals surface area contributed by atoms with Crippen molar-refractivity contribution in [1.29, 1.82) is 0 Å². The highest BCUT2D eigenvalue weighted by Crippen LogP contribution is 2.33. The molecule has 1 heterocycles. The average molecular weight is 376 g/mol. The molecule has 2 aromatic carbocycles. The molecule has 1 amide bonds. The molecule has 4 nitrogen and oxygen atoms in total. The highest BCUT2D eigenvalue weighted by atomic mass is 79.9. The van der Waals surface area contributed by atoms with Gasteiger partial charge in [0, 0.05) is 16.7 Å². The van der Waals surface area contributed by atoms with Gasteiger partial charge in [-0.3, -0.25) is 4.79 Å². The maximum absolute atomic E-state index is 13.0. The number of carbonyl (C=O) groups excluding carboxylic acids is 1. The number of ether oxygens (including phenoxy) is 2. The molecule has 0 bridgehead atoms. The summed E-state index contributed by atoms with van der Waals surface area (Å²) in [4.78, 5) is 14.8. The van der Waals surface area contributed by atoms with E-state index in [0.29, 0.717) is 17.9 Å². The Morgan fingerprint density at radius 1 is 1.09 bits per heavy atom. The summed E-state index contributed by atoms with van der Waals surface area (Å²) in [7, 11) is 3.25. The van der Waals surface area contributed by atoms with Crippen LogP contribution in [0.4, 0.5) is 5.69 Å². The van der Waals surface area contributed by atoms with Gasteiger partial charge in [-0.15, -0.1) is 0 Å². The lowest BCUT2D eigenvalue weighted by Crippen LogP contribution is -2.35. The number of nitrogens with zero attached hydrogens (tertiary/aromatic N) is 1. The molecule has 0 spiro atoms. The van der Waals surface area contributed by atoms with Gasteiger partial charge in [0.1, 0.15) is 11.5 Å². The van der Waals surface area contributed by atoms with Crippen LogP contribution in [-0.4, -0.2) is 26.7 Å². The van der Waals surface area contributed by atoms with Gasteiger partial charge in [0.05, 0.1) is 19.8 Å². The summed E-state index contributed by atoms with van der Waals surface area (Å²) in [5.74, 6) is 1.46. The minimum Gasteiger partial charge on any atom is -0.497 e. The average Bonchev–Trinajstić information content (AvgIpc) is 2.60. The van der Waals surface area contributed by atoms with Crippen molar-refractivity contribution in [2.75, 3.05) is 25.7 Å². The molecule has 5 heteroatoms. The van der Waals surface area contributed by atoms with Gasteiger partial charge in [-0.05, 0) is 70.7 Å². The van der Waals surface area contributed by atoms with Crippen molar-refractivity contribution in [2.45, 2.75) is 12.8 Å². The first-order valence-corrected chi connectivity index (χ1v) is 8.25. The van der Waals surface area contributed by atoms with Gasteiger partial charge >= 0.3 is 0 Å². The number of carbonyl (C=O) groups is 1. The first-order valence-electron chi connectivity index (χ1n) is 7.46. The predicted molar refractivity (Wildman–Crippen MR) is 93.7 cm³/mol. The molecule has 0 atom stereocenters. The topological polar surface area (TPSA) is 38.8 Å². The van der Waals surface area contributed by atoms with E-state index in [2.05, 4.69) is 15.9 Å². The molecular formula is C18H18BrNO3. The highest BCUT2D eigenvalue weighted by molar-refractivity contribution is 9.10. The third kappa shape index (κ3) is 3.06. The number of fused-ring (bicyclic) bond motifs is 1. The Morgan fingerprint density at radius 2 is 1.78 bits per heavy atom. The molecule has 120 valence electrons. The predicted octanol–water partition coefficient (Wildman–Crippen LogP) is 4.06.